The lowest BCUT2D eigenvalue weighted by Gasteiger charge is -2.22. The van der Waals surface area contributed by atoms with Gasteiger partial charge in [-0.05, 0) is 49.5 Å². The molecule has 0 amide bonds. The van der Waals surface area contributed by atoms with Crippen LogP contribution < -0.4 is 10.1 Å². The minimum atomic E-state index is 0.702. The van der Waals surface area contributed by atoms with Gasteiger partial charge in [0.2, 0.25) is 0 Å². The van der Waals surface area contributed by atoms with Gasteiger partial charge < -0.3 is 14.8 Å². The van der Waals surface area contributed by atoms with E-state index < -0.39 is 0 Å². The molecule has 0 spiro atoms. The maximum absolute atomic E-state index is 5.76. The second kappa shape index (κ2) is 6.62. The van der Waals surface area contributed by atoms with E-state index in [4.69, 9.17) is 9.47 Å². The van der Waals surface area contributed by atoms with Crippen molar-refractivity contribution >= 4 is 0 Å². The van der Waals surface area contributed by atoms with Crippen LogP contribution >= 0.6 is 0 Å². The molecule has 0 aromatic heterocycles. The van der Waals surface area contributed by atoms with Crippen LogP contribution in [0.2, 0.25) is 0 Å². The molecule has 1 N–H and O–H groups in total. The quantitative estimate of drug-likeness (QED) is 0.848. The first kappa shape index (κ1) is 12.4. The number of hydrogen-bond acceptors (Lipinski definition) is 3. The number of piperidine rings is 1. The van der Waals surface area contributed by atoms with Gasteiger partial charge in [-0.15, -0.1) is 0 Å². The minimum Gasteiger partial charge on any atom is -0.497 e. The van der Waals surface area contributed by atoms with E-state index in [1.165, 1.54) is 18.4 Å². The Kier molecular flexibility index (Phi) is 4.83. The largest absolute Gasteiger partial charge is 0.497 e. The Balaban J connectivity index is 1.69. The molecule has 3 heteroatoms. The number of ether oxygens (including phenoxy) is 2. The number of benzene rings is 1. The van der Waals surface area contributed by atoms with Gasteiger partial charge in [-0.25, -0.2) is 0 Å². The molecular weight excluding hydrogens is 214 g/mol. The van der Waals surface area contributed by atoms with E-state index in [-0.39, 0.29) is 0 Å². The van der Waals surface area contributed by atoms with Gasteiger partial charge in [0, 0.05) is 6.61 Å². The van der Waals surface area contributed by atoms with Crippen molar-refractivity contribution < 1.29 is 9.47 Å². The van der Waals surface area contributed by atoms with E-state index in [0.29, 0.717) is 6.61 Å². The van der Waals surface area contributed by atoms with Gasteiger partial charge >= 0.3 is 0 Å². The molecule has 0 bridgehead atoms. The number of nitrogens with one attached hydrogen (secondary N) is 1. The predicted octanol–water partition coefficient (Wildman–Crippen LogP) is 2.21. The van der Waals surface area contributed by atoms with Crippen LogP contribution in [0.3, 0.4) is 0 Å². The lowest BCUT2D eigenvalue weighted by molar-refractivity contribution is 0.0763. The molecule has 0 unspecified atom stereocenters. The van der Waals surface area contributed by atoms with Crippen LogP contribution in [-0.4, -0.2) is 26.8 Å². The molecule has 1 aromatic carbocycles. The molecule has 17 heavy (non-hydrogen) atoms. The molecule has 0 saturated carbocycles. The van der Waals surface area contributed by atoms with E-state index in [0.717, 1.165) is 31.4 Å². The fourth-order valence-corrected chi connectivity index (χ4v) is 2.11. The standard InChI is InChI=1S/C14H21NO2/c1-16-14-4-2-12(3-5-14)10-17-11-13-6-8-15-9-7-13/h2-5,13,15H,6-11H2,1H3. The van der Waals surface area contributed by atoms with Crippen molar-refractivity contribution in [3.05, 3.63) is 29.8 Å². The SMILES string of the molecule is COc1ccc(COCC2CCNCC2)cc1. The fourth-order valence-electron chi connectivity index (χ4n) is 2.11. The zero-order valence-electron chi connectivity index (χ0n) is 10.4. The highest BCUT2D eigenvalue weighted by Gasteiger charge is 2.12. The van der Waals surface area contributed by atoms with Gasteiger partial charge in [0.1, 0.15) is 5.75 Å². The van der Waals surface area contributed by atoms with E-state index in [2.05, 4.69) is 17.4 Å². The molecule has 0 aliphatic carbocycles. The smallest absolute Gasteiger partial charge is 0.118 e. The monoisotopic (exact) mass is 235 g/mol. The predicted molar refractivity (Wildman–Crippen MR) is 68.2 cm³/mol. The highest BCUT2D eigenvalue weighted by Crippen LogP contribution is 2.15. The van der Waals surface area contributed by atoms with Crippen LogP contribution in [0, 0.1) is 5.92 Å². The molecule has 1 aliphatic heterocycles. The van der Waals surface area contributed by atoms with Crippen molar-refractivity contribution in [2.45, 2.75) is 19.4 Å². The summed E-state index contributed by atoms with van der Waals surface area (Å²) in [6, 6.07) is 8.06. The molecule has 1 fully saturated rings. The lowest BCUT2D eigenvalue weighted by atomic mass is 9.99. The lowest BCUT2D eigenvalue weighted by Crippen LogP contribution is -2.29. The van der Waals surface area contributed by atoms with Crippen LogP contribution in [0.1, 0.15) is 18.4 Å². The Morgan fingerprint density at radius 3 is 2.53 bits per heavy atom. The van der Waals surface area contributed by atoms with Crippen LogP contribution in [0.4, 0.5) is 0 Å². The third-order valence-corrected chi connectivity index (χ3v) is 3.24. The zero-order valence-corrected chi connectivity index (χ0v) is 10.4. The summed E-state index contributed by atoms with van der Waals surface area (Å²) in [7, 11) is 1.68. The van der Waals surface area contributed by atoms with Crippen molar-refractivity contribution in [1.82, 2.24) is 5.32 Å². The highest BCUT2D eigenvalue weighted by atomic mass is 16.5. The first-order valence-corrected chi connectivity index (χ1v) is 6.30. The van der Waals surface area contributed by atoms with Crippen LogP contribution in [0.5, 0.6) is 5.75 Å². The van der Waals surface area contributed by atoms with Crippen LogP contribution in [0.15, 0.2) is 24.3 Å². The molecule has 1 aliphatic rings. The van der Waals surface area contributed by atoms with Crippen molar-refractivity contribution in [3.8, 4) is 5.75 Å². The number of hydrogen-bond donors (Lipinski definition) is 1. The van der Waals surface area contributed by atoms with Crippen molar-refractivity contribution in [3.63, 3.8) is 0 Å². The van der Waals surface area contributed by atoms with Crippen molar-refractivity contribution in [2.24, 2.45) is 5.92 Å². The van der Waals surface area contributed by atoms with Gasteiger partial charge in [-0.3, -0.25) is 0 Å². The van der Waals surface area contributed by atoms with E-state index in [9.17, 15) is 0 Å². The highest BCUT2D eigenvalue weighted by molar-refractivity contribution is 5.26. The maximum Gasteiger partial charge on any atom is 0.118 e. The van der Waals surface area contributed by atoms with E-state index in [1.54, 1.807) is 7.11 Å². The summed E-state index contributed by atoms with van der Waals surface area (Å²) in [5.74, 6) is 1.63. The topological polar surface area (TPSA) is 30.5 Å². The Morgan fingerprint density at radius 1 is 1.18 bits per heavy atom. The summed E-state index contributed by atoms with van der Waals surface area (Å²) < 4.78 is 10.9. The molecule has 1 heterocycles. The van der Waals surface area contributed by atoms with Gasteiger partial charge in [0.05, 0.1) is 13.7 Å². The van der Waals surface area contributed by atoms with Crippen LogP contribution in [0.25, 0.3) is 0 Å². The second-order valence-electron chi connectivity index (χ2n) is 4.56. The van der Waals surface area contributed by atoms with Gasteiger partial charge in [-0.1, -0.05) is 12.1 Å². The Morgan fingerprint density at radius 2 is 1.88 bits per heavy atom. The summed E-state index contributed by atoms with van der Waals surface area (Å²) in [6.45, 7) is 3.86. The van der Waals surface area contributed by atoms with Crippen LogP contribution in [-0.2, 0) is 11.3 Å². The molecule has 2 rings (SSSR count). The minimum absolute atomic E-state index is 0.702. The Hall–Kier alpha value is -1.06. The van der Waals surface area contributed by atoms with Gasteiger partial charge in [0.25, 0.3) is 0 Å². The van der Waals surface area contributed by atoms with Crippen molar-refractivity contribution in [1.29, 1.82) is 0 Å². The summed E-state index contributed by atoms with van der Waals surface area (Å²) in [6.07, 6.45) is 2.48. The second-order valence-corrected chi connectivity index (χ2v) is 4.56. The Bertz CT molecular complexity index is 317. The van der Waals surface area contributed by atoms with E-state index in [1.807, 2.05) is 12.1 Å². The maximum atomic E-state index is 5.76. The first-order chi connectivity index (χ1) is 8.38. The van der Waals surface area contributed by atoms with Gasteiger partial charge in [-0.2, -0.15) is 0 Å². The number of rotatable bonds is 5. The molecule has 1 aromatic rings. The molecular formula is C14H21NO2. The Labute approximate surface area is 103 Å². The molecule has 3 nitrogen and oxygen atoms in total. The zero-order chi connectivity index (χ0) is 11.9. The average molecular weight is 235 g/mol. The third-order valence-electron chi connectivity index (χ3n) is 3.24. The van der Waals surface area contributed by atoms with E-state index >= 15 is 0 Å². The molecule has 1 saturated heterocycles. The number of methoxy groups -OCH3 is 1. The molecule has 94 valence electrons. The summed E-state index contributed by atoms with van der Waals surface area (Å²) in [5, 5.41) is 3.37. The average Bonchev–Trinajstić information content (AvgIpc) is 2.41. The van der Waals surface area contributed by atoms with Crippen molar-refractivity contribution in [2.75, 3.05) is 26.8 Å². The summed E-state index contributed by atoms with van der Waals surface area (Å²) >= 11 is 0. The summed E-state index contributed by atoms with van der Waals surface area (Å²) in [4.78, 5) is 0. The molecule has 0 radical (unpaired) electrons. The third kappa shape index (κ3) is 4.02. The normalized spacial score (nSPS) is 17.0. The molecule has 0 atom stereocenters. The fraction of sp³-hybridized carbons (Fsp3) is 0.571. The summed E-state index contributed by atoms with van der Waals surface area (Å²) in [5.41, 5.74) is 1.21. The van der Waals surface area contributed by atoms with Gasteiger partial charge in [0.15, 0.2) is 0 Å². The first-order valence-electron chi connectivity index (χ1n) is 6.30.